The second-order valence-corrected chi connectivity index (χ2v) is 4.66. The Morgan fingerprint density at radius 3 is 2.83 bits per heavy atom. The van der Waals surface area contributed by atoms with Crippen molar-refractivity contribution in [3.63, 3.8) is 0 Å². The van der Waals surface area contributed by atoms with E-state index in [1.54, 1.807) is 0 Å². The van der Waals surface area contributed by atoms with Gasteiger partial charge in [-0.2, -0.15) is 4.37 Å². The number of fused-ring (bicyclic) bond motifs is 1. The average molecular weight is 283 g/mol. The Labute approximate surface area is 91.6 Å². The Balaban J connectivity index is 2.92. The molecule has 5 heteroatoms. The molecule has 0 N–H and O–H groups in total. The number of hydrogen-bond acceptors (Lipinski definition) is 2. The van der Waals surface area contributed by atoms with E-state index in [9.17, 15) is 0 Å². The molecular weight excluding hydrogens is 281 g/mol. The first kappa shape index (κ1) is 8.75. The lowest BCUT2D eigenvalue weighted by Crippen LogP contribution is -1.68. The van der Waals surface area contributed by atoms with Gasteiger partial charge in [-0.05, 0) is 39.6 Å². The van der Waals surface area contributed by atoms with Gasteiger partial charge in [0, 0.05) is 14.9 Å². The van der Waals surface area contributed by atoms with Crippen LogP contribution in [0.3, 0.4) is 0 Å². The van der Waals surface area contributed by atoms with Crippen molar-refractivity contribution in [1.82, 2.24) is 4.37 Å². The highest BCUT2D eigenvalue weighted by atomic mass is 79.9. The van der Waals surface area contributed by atoms with Gasteiger partial charge >= 0.3 is 0 Å². The smallest absolute Gasteiger partial charge is 0.150 e. The lowest BCUT2D eigenvalue weighted by atomic mass is 10.3. The van der Waals surface area contributed by atoms with Crippen LogP contribution in [-0.2, 0) is 0 Å². The highest BCUT2D eigenvalue weighted by Gasteiger charge is 2.07. The van der Waals surface area contributed by atoms with Crippen LogP contribution < -0.4 is 0 Å². The van der Waals surface area contributed by atoms with Crippen molar-refractivity contribution in [1.29, 1.82) is 0 Å². The molecule has 2 aromatic rings. The monoisotopic (exact) mass is 281 g/mol. The fourth-order valence-electron chi connectivity index (χ4n) is 0.941. The van der Waals surface area contributed by atoms with Gasteiger partial charge in [-0.25, -0.2) is 0 Å². The van der Waals surface area contributed by atoms with Gasteiger partial charge < -0.3 is 0 Å². The quantitative estimate of drug-likeness (QED) is 0.699. The Hall–Kier alpha value is 0.170. The predicted molar refractivity (Wildman–Crippen MR) is 57.3 cm³/mol. The first-order chi connectivity index (χ1) is 5.68. The van der Waals surface area contributed by atoms with Crippen LogP contribution >= 0.6 is 50.7 Å². The molecule has 12 heavy (non-hydrogen) atoms. The van der Waals surface area contributed by atoms with Crippen molar-refractivity contribution in [2.45, 2.75) is 0 Å². The van der Waals surface area contributed by atoms with Crippen LogP contribution in [-0.4, -0.2) is 4.37 Å². The van der Waals surface area contributed by atoms with Crippen molar-refractivity contribution >= 4 is 60.8 Å². The highest BCUT2D eigenvalue weighted by molar-refractivity contribution is 9.10. The molecule has 1 nitrogen and oxygen atoms in total. The van der Waals surface area contributed by atoms with E-state index < -0.39 is 0 Å². The second kappa shape index (κ2) is 3.14. The topological polar surface area (TPSA) is 12.9 Å². The van der Waals surface area contributed by atoms with Gasteiger partial charge in [-0.1, -0.05) is 23.2 Å². The lowest BCUT2D eigenvalue weighted by molar-refractivity contribution is 1.60. The fourth-order valence-corrected chi connectivity index (χ4v) is 2.95. The van der Waals surface area contributed by atoms with E-state index >= 15 is 0 Å². The first-order valence-corrected chi connectivity index (χ1v) is 5.40. The molecule has 0 saturated carbocycles. The number of rotatable bonds is 0. The van der Waals surface area contributed by atoms with E-state index in [0.29, 0.717) is 10.2 Å². The van der Waals surface area contributed by atoms with Crippen LogP contribution in [0.2, 0.25) is 10.2 Å². The van der Waals surface area contributed by atoms with Crippen LogP contribution in [0.15, 0.2) is 16.6 Å². The summed E-state index contributed by atoms with van der Waals surface area (Å²) in [5, 5.41) is 2.08. The standard InChI is InChI=1S/C7H2BrCl2NS/c8-5-2-3(9)1-4-6(5)12-11-7(4)10/h1-2H. The summed E-state index contributed by atoms with van der Waals surface area (Å²) < 4.78 is 5.99. The molecule has 62 valence electrons. The minimum absolute atomic E-state index is 0.512. The van der Waals surface area contributed by atoms with Gasteiger partial charge in [0.15, 0.2) is 5.15 Å². The Kier molecular flexibility index (Phi) is 2.29. The number of nitrogens with zero attached hydrogens (tertiary/aromatic N) is 1. The predicted octanol–water partition coefficient (Wildman–Crippen LogP) is 4.37. The summed E-state index contributed by atoms with van der Waals surface area (Å²) in [4.78, 5) is 0. The molecule has 0 atom stereocenters. The third kappa shape index (κ3) is 1.35. The summed E-state index contributed by atoms with van der Waals surface area (Å²) in [6.45, 7) is 0. The summed E-state index contributed by atoms with van der Waals surface area (Å²) in [5.41, 5.74) is 0. The molecular formula is C7H2BrCl2NS. The number of aromatic nitrogens is 1. The van der Waals surface area contributed by atoms with Crippen molar-refractivity contribution in [3.05, 3.63) is 26.8 Å². The minimum atomic E-state index is 0.512. The molecule has 0 fully saturated rings. The normalized spacial score (nSPS) is 10.9. The molecule has 0 aliphatic heterocycles. The molecule has 1 aromatic carbocycles. The van der Waals surface area contributed by atoms with Crippen LogP contribution in [0, 0.1) is 0 Å². The van der Waals surface area contributed by atoms with Gasteiger partial charge in [-0.15, -0.1) is 0 Å². The van der Waals surface area contributed by atoms with Crippen molar-refractivity contribution in [2.24, 2.45) is 0 Å². The Morgan fingerprint density at radius 2 is 2.08 bits per heavy atom. The molecule has 0 amide bonds. The van der Waals surface area contributed by atoms with Gasteiger partial charge in [0.1, 0.15) is 0 Å². The maximum absolute atomic E-state index is 5.84. The van der Waals surface area contributed by atoms with E-state index in [4.69, 9.17) is 23.2 Å². The molecule has 1 heterocycles. The Morgan fingerprint density at radius 1 is 1.33 bits per heavy atom. The van der Waals surface area contributed by atoms with Crippen LogP contribution in [0.1, 0.15) is 0 Å². The van der Waals surface area contributed by atoms with E-state index in [0.717, 1.165) is 14.6 Å². The van der Waals surface area contributed by atoms with Crippen molar-refractivity contribution < 1.29 is 0 Å². The van der Waals surface area contributed by atoms with E-state index in [1.165, 1.54) is 11.5 Å². The van der Waals surface area contributed by atoms with Gasteiger partial charge in [0.2, 0.25) is 0 Å². The molecule has 0 aliphatic rings. The molecule has 1 aromatic heterocycles. The van der Waals surface area contributed by atoms with Gasteiger partial charge in [-0.3, -0.25) is 0 Å². The van der Waals surface area contributed by atoms with Crippen LogP contribution in [0.4, 0.5) is 0 Å². The van der Waals surface area contributed by atoms with E-state index in [1.807, 2.05) is 12.1 Å². The summed E-state index contributed by atoms with van der Waals surface area (Å²) in [5.74, 6) is 0. The van der Waals surface area contributed by atoms with Gasteiger partial charge in [0.05, 0.1) is 4.70 Å². The second-order valence-electron chi connectivity index (χ2n) is 2.24. The fraction of sp³-hybridized carbons (Fsp3) is 0. The summed E-state index contributed by atoms with van der Waals surface area (Å²) in [7, 11) is 0. The maximum Gasteiger partial charge on any atom is 0.150 e. The summed E-state index contributed by atoms with van der Waals surface area (Å²) >= 11 is 16.4. The number of hydrogen-bond donors (Lipinski definition) is 0. The largest absolute Gasteiger partial charge is 0.180 e. The number of benzene rings is 1. The van der Waals surface area contributed by atoms with Crippen LogP contribution in [0.5, 0.6) is 0 Å². The zero-order valence-corrected chi connectivity index (χ0v) is 9.56. The Bertz CT molecular complexity index is 440. The molecule has 0 spiro atoms. The lowest BCUT2D eigenvalue weighted by Gasteiger charge is -1.93. The molecule has 0 unspecified atom stereocenters. The highest BCUT2D eigenvalue weighted by Crippen LogP contribution is 2.34. The SMILES string of the molecule is Clc1cc(Br)c2snc(Cl)c2c1. The zero-order chi connectivity index (χ0) is 8.72. The maximum atomic E-state index is 5.84. The summed E-state index contributed by atoms with van der Waals surface area (Å²) in [6, 6.07) is 3.64. The van der Waals surface area contributed by atoms with E-state index in [2.05, 4.69) is 20.3 Å². The number of halogens is 3. The molecule has 0 radical (unpaired) electrons. The molecule has 0 bridgehead atoms. The average Bonchev–Trinajstić information content (AvgIpc) is 2.33. The van der Waals surface area contributed by atoms with E-state index in [-0.39, 0.29) is 0 Å². The third-order valence-electron chi connectivity index (χ3n) is 1.45. The first-order valence-electron chi connectivity index (χ1n) is 3.08. The third-order valence-corrected chi connectivity index (χ3v) is 3.84. The van der Waals surface area contributed by atoms with Gasteiger partial charge in [0.25, 0.3) is 0 Å². The van der Waals surface area contributed by atoms with Crippen LogP contribution in [0.25, 0.3) is 10.1 Å². The molecule has 0 aliphatic carbocycles. The zero-order valence-electron chi connectivity index (χ0n) is 5.64. The van der Waals surface area contributed by atoms with Crippen molar-refractivity contribution in [3.8, 4) is 0 Å². The molecule has 2 rings (SSSR count). The van der Waals surface area contributed by atoms with Crippen molar-refractivity contribution in [2.75, 3.05) is 0 Å². The minimum Gasteiger partial charge on any atom is -0.180 e. The molecule has 0 saturated heterocycles. The summed E-state index contributed by atoms with van der Waals surface area (Å²) in [6.07, 6.45) is 0.